The van der Waals surface area contributed by atoms with E-state index in [1.54, 1.807) is 0 Å². The third-order valence-electron chi connectivity index (χ3n) is 4.28. The van der Waals surface area contributed by atoms with Crippen molar-refractivity contribution in [2.24, 2.45) is 0 Å². The maximum absolute atomic E-state index is 4.73. The molecule has 1 saturated heterocycles. The van der Waals surface area contributed by atoms with Gasteiger partial charge in [-0.2, -0.15) is 0 Å². The maximum Gasteiger partial charge on any atom is 0.107 e. The smallest absolute Gasteiger partial charge is 0.107 e. The van der Waals surface area contributed by atoms with Gasteiger partial charge in [0.25, 0.3) is 0 Å². The number of aryl methyl sites for hydroxylation is 2. The Bertz CT molecular complexity index is 396. The highest BCUT2D eigenvalue weighted by Gasteiger charge is 2.27. The molecule has 1 fully saturated rings. The van der Waals surface area contributed by atoms with Crippen LogP contribution in [0.25, 0.3) is 0 Å². The number of aromatic nitrogens is 1. The summed E-state index contributed by atoms with van der Waals surface area (Å²) < 4.78 is 0. The van der Waals surface area contributed by atoms with Gasteiger partial charge in [0.2, 0.25) is 0 Å². The van der Waals surface area contributed by atoms with E-state index >= 15 is 0 Å². The van der Waals surface area contributed by atoms with Gasteiger partial charge in [-0.05, 0) is 26.7 Å². The van der Waals surface area contributed by atoms with Crippen molar-refractivity contribution in [3.05, 3.63) is 15.6 Å². The van der Waals surface area contributed by atoms with Gasteiger partial charge in [0.1, 0.15) is 5.01 Å². The molecular weight excluding hydrogens is 266 g/mol. The predicted molar refractivity (Wildman–Crippen MR) is 87.4 cm³/mol. The molecule has 4 heteroatoms. The zero-order chi connectivity index (χ0) is 14.5. The van der Waals surface area contributed by atoms with Gasteiger partial charge in [0, 0.05) is 30.1 Å². The minimum Gasteiger partial charge on any atom is -0.311 e. The lowest BCUT2D eigenvalue weighted by molar-refractivity contribution is 0.111. The summed E-state index contributed by atoms with van der Waals surface area (Å²) in [6.45, 7) is 12.2. The van der Waals surface area contributed by atoms with Gasteiger partial charge in [0.15, 0.2) is 0 Å². The normalized spacial score (nSPS) is 24.2. The van der Waals surface area contributed by atoms with Crippen molar-refractivity contribution >= 4 is 11.3 Å². The number of nitrogens with zero attached hydrogens (tertiary/aromatic N) is 2. The molecule has 2 rings (SSSR count). The summed E-state index contributed by atoms with van der Waals surface area (Å²) in [4.78, 5) is 8.76. The molecule has 0 amide bonds. The molecule has 2 atom stereocenters. The number of rotatable bonds is 6. The van der Waals surface area contributed by atoms with Gasteiger partial charge in [-0.15, -0.1) is 11.3 Å². The lowest BCUT2D eigenvalue weighted by Gasteiger charge is -2.40. The van der Waals surface area contributed by atoms with Crippen LogP contribution in [0.2, 0.25) is 0 Å². The summed E-state index contributed by atoms with van der Waals surface area (Å²) in [5.41, 5.74) is 1.21. The molecular formula is C16H29N3S. The Labute approximate surface area is 127 Å². The SMILES string of the molecule is CCCC1CN(Cc2nc(C)c(C)s2)C(CCC)CN1. The highest BCUT2D eigenvalue weighted by atomic mass is 32.1. The molecule has 1 aliphatic heterocycles. The fourth-order valence-electron chi connectivity index (χ4n) is 3.06. The number of hydrogen-bond donors (Lipinski definition) is 1. The van der Waals surface area contributed by atoms with Crippen molar-refractivity contribution in [1.82, 2.24) is 15.2 Å². The van der Waals surface area contributed by atoms with Crippen LogP contribution in [0, 0.1) is 13.8 Å². The van der Waals surface area contributed by atoms with Crippen LogP contribution < -0.4 is 5.32 Å². The largest absolute Gasteiger partial charge is 0.311 e. The van der Waals surface area contributed by atoms with E-state index < -0.39 is 0 Å². The monoisotopic (exact) mass is 295 g/mol. The molecule has 20 heavy (non-hydrogen) atoms. The molecule has 0 radical (unpaired) electrons. The van der Waals surface area contributed by atoms with Crippen molar-refractivity contribution < 1.29 is 0 Å². The van der Waals surface area contributed by atoms with Crippen molar-refractivity contribution in [3.63, 3.8) is 0 Å². The second-order valence-corrected chi connectivity index (χ2v) is 7.30. The van der Waals surface area contributed by atoms with E-state index in [-0.39, 0.29) is 0 Å². The summed E-state index contributed by atoms with van der Waals surface area (Å²) in [6, 6.07) is 1.34. The molecule has 2 heterocycles. The van der Waals surface area contributed by atoms with Crippen LogP contribution in [0.5, 0.6) is 0 Å². The Morgan fingerprint density at radius 1 is 1.25 bits per heavy atom. The number of piperazine rings is 1. The van der Waals surface area contributed by atoms with Crippen molar-refractivity contribution in [2.75, 3.05) is 13.1 Å². The van der Waals surface area contributed by atoms with Gasteiger partial charge < -0.3 is 5.32 Å². The molecule has 0 saturated carbocycles. The van der Waals surface area contributed by atoms with E-state index in [2.05, 4.69) is 37.9 Å². The van der Waals surface area contributed by atoms with Crippen LogP contribution in [0.3, 0.4) is 0 Å². The van der Waals surface area contributed by atoms with Gasteiger partial charge in [-0.25, -0.2) is 4.98 Å². The summed E-state index contributed by atoms with van der Waals surface area (Å²) >= 11 is 1.87. The zero-order valence-corrected chi connectivity index (χ0v) is 14.2. The molecule has 3 nitrogen and oxygen atoms in total. The van der Waals surface area contributed by atoms with E-state index in [0.29, 0.717) is 12.1 Å². The second-order valence-electron chi connectivity index (χ2n) is 6.01. The van der Waals surface area contributed by atoms with Crippen LogP contribution in [-0.4, -0.2) is 35.1 Å². The van der Waals surface area contributed by atoms with E-state index in [1.165, 1.54) is 47.8 Å². The minimum absolute atomic E-state index is 0.662. The highest BCUT2D eigenvalue weighted by Crippen LogP contribution is 2.22. The third-order valence-corrected chi connectivity index (χ3v) is 5.34. The van der Waals surface area contributed by atoms with Gasteiger partial charge >= 0.3 is 0 Å². The lowest BCUT2D eigenvalue weighted by Crippen LogP contribution is -2.55. The topological polar surface area (TPSA) is 28.2 Å². The van der Waals surface area contributed by atoms with Gasteiger partial charge in [0.05, 0.1) is 12.2 Å². The Morgan fingerprint density at radius 3 is 2.60 bits per heavy atom. The first-order valence-corrected chi connectivity index (χ1v) is 8.86. The molecule has 1 N–H and O–H groups in total. The highest BCUT2D eigenvalue weighted by molar-refractivity contribution is 7.11. The molecule has 0 aliphatic carbocycles. The summed E-state index contributed by atoms with van der Waals surface area (Å²) in [5.74, 6) is 0. The Kier molecular flexibility index (Phi) is 6.00. The standard InChI is InChI=1S/C16H29N3S/c1-5-7-14-10-19(15(8-6-2)9-17-14)11-16-18-12(3)13(4)20-16/h14-15,17H,5-11H2,1-4H3. The average Bonchev–Trinajstić information content (AvgIpc) is 2.72. The molecule has 0 spiro atoms. The number of hydrogen-bond acceptors (Lipinski definition) is 4. The van der Waals surface area contributed by atoms with E-state index in [9.17, 15) is 0 Å². The average molecular weight is 295 g/mol. The molecule has 1 aromatic heterocycles. The van der Waals surface area contributed by atoms with Crippen LogP contribution in [-0.2, 0) is 6.54 Å². The fourth-order valence-corrected chi connectivity index (χ4v) is 4.02. The first-order valence-electron chi connectivity index (χ1n) is 8.04. The Balaban J connectivity index is 2.02. The third kappa shape index (κ3) is 4.03. The lowest BCUT2D eigenvalue weighted by atomic mass is 10.0. The van der Waals surface area contributed by atoms with Crippen molar-refractivity contribution in [1.29, 1.82) is 0 Å². The molecule has 1 aliphatic rings. The Morgan fingerprint density at radius 2 is 2.00 bits per heavy atom. The molecule has 0 aromatic carbocycles. The minimum atomic E-state index is 0.662. The van der Waals surface area contributed by atoms with Gasteiger partial charge in [-0.1, -0.05) is 26.7 Å². The van der Waals surface area contributed by atoms with Crippen LogP contribution >= 0.6 is 11.3 Å². The van der Waals surface area contributed by atoms with Crippen LogP contribution in [0.15, 0.2) is 0 Å². The predicted octanol–water partition coefficient (Wildman–Crippen LogP) is 3.50. The molecule has 114 valence electrons. The number of thiazole rings is 1. The molecule has 2 unspecified atom stereocenters. The number of nitrogens with one attached hydrogen (secondary N) is 1. The van der Waals surface area contributed by atoms with E-state index in [4.69, 9.17) is 4.98 Å². The zero-order valence-electron chi connectivity index (χ0n) is 13.4. The first kappa shape index (κ1) is 15.9. The molecule has 0 bridgehead atoms. The summed E-state index contributed by atoms with van der Waals surface area (Å²) in [5, 5.41) is 5.02. The van der Waals surface area contributed by atoms with Crippen LogP contribution in [0.1, 0.15) is 55.1 Å². The summed E-state index contributed by atoms with van der Waals surface area (Å²) in [7, 11) is 0. The Hall–Kier alpha value is -0.450. The van der Waals surface area contributed by atoms with Crippen molar-refractivity contribution in [3.8, 4) is 0 Å². The maximum atomic E-state index is 4.73. The van der Waals surface area contributed by atoms with E-state index in [0.717, 1.165) is 13.1 Å². The van der Waals surface area contributed by atoms with Gasteiger partial charge in [-0.3, -0.25) is 4.90 Å². The second kappa shape index (κ2) is 7.53. The van der Waals surface area contributed by atoms with Crippen molar-refractivity contribution in [2.45, 2.75) is 72.0 Å². The quantitative estimate of drug-likeness (QED) is 0.870. The first-order chi connectivity index (χ1) is 9.63. The van der Waals surface area contributed by atoms with Crippen LogP contribution in [0.4, 0.5) is 0 Å². The summed E-state index contributed by atoms with van der Waals surface area (Å²) in [6.07, 6.45) is 5.09. The van der Waals surface area contributed by atoms with E-state index in [1.807, 2.05) is 11.3 Å². The molecule has 1 aromatic rings. The fraction of sp³-hybridized carbons (Fsp3) is 0.812.